The maximum atomic E-state index is 9.18. The molecule has 0 unspecified atom stereocenters. The van der Waals surface area contributed by atoms with Crippen molar-refractivity contribution in [3.63, 3.8) is 0 Å². The Bertz CT molecular complexity index is 568. The fourth-order valence-corrected chi connectivity index (χ4v) is 2.60. The van der Waals surface area contributed by atoms with E-state index in [1.165, 1.54) is 6.33 Å². The molecule has 96 valence electrons. The maximum absolute atomic E-state index is 9.18. The lowest BCUT2D eigenvalue weighted by Gasteiger charge is -2.15. The van der Waals surface area contributed by atoms with Gasteiger partial charge in [0.15, 0.2) is 5.82 Å². The molecule has 6 heteroatoms. The number of fused-ring (bicyclic) bond motifs is 1. The molecule has 1 fully saturated rings. The van der Waals surface area contributed by atoms with Crippen LogP contribution in [0.1, 0.15) is 25.1 Å². The quantitative estimate of drug-likeness (QED) is 0.820. The van der Waals surface area contributed by atoms with Crippen molar-refractivity contribution in [2.24, 2.45) is 5.92 Å². The number of nitrogens with zero attached hydrogens (tertiary/aromatic N) is 3. The van der Waals surface area contributed by atoms with Crippen molar-refractivity contribution >= 4 is 11.3 Å². The molecule has 1 saturated heterocycles. The molecule has 0 aliphatic carbocycles. The van der Waals surface area contributed by atoms with E-state index in [-0.39, 0.29) is 18.8 Å². The number of aliphatic hydroxyl groups is 1. The molecule has 6 nitrogen and oxygen atoms in total. The molecule has 0 aromatic carbocycles. The second-order valence-electron chi connectivity index (χ2n) is 4.77. The number of hydrogen-bond acceptors (Lipinski definition) is 5. The first kappa shape index (κ1) is 11.4. The van der Waals surface area contributed by atoms with Gasteiger partial charge in [0.05, 0.1) is 18.4 Å². The zero-order valence-corrected chi connectivity index (χ0v) is 10.2. The van der Waals surface area contributed by atoms with E-state index >= 15 is 0 Å². The highest BCUT2D eigenvalue weighted by Crippen LogP contribution is 2.38. The van der Waals surface area contributed by atoms with Crippen LogP contribution in [0, 0.1) is 5.92 Å². The SMILES string of the molecule is C[C@H]1C[C@@H](CO)O[C@H]1c1ccc2c(N)ncnn12. The van der Waals surface area contributed by atoms with Gasteiger partial charge in [-0.25, -0.2) is 9.50 Å². The normalized spacial score (nSPS) is 28.0. The molecule has 0 radical (unpaired) electrons. The number of hydrogen-bond donors (Lipinski definition) is 2. The third-order valence-corrected chi connectivity index (χ3v) is 3.50. The van der Waals surface area contributed by atoms with Crippen molar-refractivity contribution in [3.05, 3.63) is 24.2 Å². The van der Waals surface area contributed by atoms with Crippen LogP contribution >= 0.6 is 0 Å². The molecule has 3 atom stereocenters. The topological polar surface area (TPSA) is 85.7 Å². The molecule has 1 aliphatic heterocycles. The van der Waals surface area contributed by atoms with E-state index in [2.05, 4.69) is 17.0 Å². The van der Waals surface area contributed by atoms with Gasteiger partial charge in [0.1, 0.15) is 17.9 Å². The Hall–Kier alpha value is -1.66. The standard InChI is InChI=1S/C12H16N4O2/c1-7-4-8(5-17)18-11(7)9-2-3-10-12(13)14-6-15-16(9)10/h2-3,6-8,11,17H,4-5H2,1H3,(H2,13,14,15)/t7-,8-,11+/m0/s1. The highest BCUT2D eigenvalue weighted by molar-refractivity contribution is 5.65. The molecule has 0 spiro atoms. The molecule has 3 heterocycles. The van der Waals surface area contributed by atoms with E-state index in [4.69, 9.17) is 10.5 Å². The summed E-state index contributed by atoms with van der Waals surface area (Å²) >= 11 is 0. The fourth-order valence-electron chi connectivity index (χ4n) is 2.60. The van der Waals surface area contributed by atoms with E-state index in [0.29, 0.717) is 11.7 Å². The molecular formula is C12H16N4O2. The van der Waals surface area contributed by atoms with Crippen molar-refractivity contribution in [3.8, 4) is 0 Å². The van der Waals surface area contributed by atoms with Gasteiger partial charge in [-0.15, -0.1) is 0 Å². The Labute approximate surface area is 104 Å². The minimum Gasteiger partial charge on any atom is -0.394 e. The summed E-state index contributed by atoms with van der Waals surface area (Å²) in [6.07, 6.45) is 2.15. The number of nitrogen functional groups attached to an aromatic ring is 1. The molecule has 1 aliphatic rings. The largest absolute Gasteiger partial charge is 0.394 e. The van der Waals surface area contributed by atoms with Gasteiger partial charge in [-0.3, -0.25) is 0 Å². The van der Waals surface area contributed by atoms with Crippen molar-refractivity contribution in [2.75, 3.05) is 12.3 Å². The van der Waals surface area contributed by atoms with Gasteiger partial charge in [-0.1, -0.05) is 6.92 Å². The summed E-state index contributed by atoms with van der Waals surface area (Å²) < 4.78 is 7.61. The molecular weight excluding hydrogens is 232 g/mol. The highest BCUT2D eigenvalue weighted by atomic mass is 16.5. The summed E-state index contributed by atoms with van der Waals surface area (Å²) in [4.78, 5) is 3.96. The zero-order chi connectivity index (χ0) is 12.7. The van der Waals surface area contributed by atoms with Crippen LogP contribution in [-0.4, -0.2) is 32.4 Å². The van der Waals surface area contributed by atoms with Crippen LogP contribution in [0.3, 0.4) is 0 Å². The lowest BCUT2D eigenvalue weighted by Crippen LogP contribution is -2.12. The van der Waals surface area contributed by atoms with Crippen LogP contribution in [0.5, 0.6) is 0 Å². The number of aliphatic hydroxyl groups excluding tert-OH is 1. The number of nitrogens with two attached hydrogens (primary N) is 1. The molecule has 2 aromatic heterocycles. The molecule has 18 heavy (non-hydrogen) atoms. The Balaban J connectivity index is 2.02. The first-order chi connectivity index (χ1) is 8.70. The lowest BCUT2D eigenvalue weighted by molar-refractivity contribution is 0.00257. The zero-order valence-electron chi connectivity index (χ0n) is 10.2. The average Bonchev–Trinajstić information content (AvgIpc) is 2.93. The minimum absolute atomic E-state index is 0.0565. The predicted octanol–water partition coefficient (Wildman–Crippen LogP) is 0.770. The molecule has 0 bridgehead atoms. The van der Waals surface area contributed by atoms with Gasteiger partial charge >= 0.3 is 0 Å². The van der Waals surface area contributed by atoms with Crippen molar-refractivity contribution < 1.29 is 9.84 Å². The van der Waals surface area contributed by atoms with Crippen LogP contribution in [0.2, 0.25) is 0 Å². The van der Waals surface area contributed by atoms with Gasteiger partial charge < -0.3 is 15.6 Å². The molecule has 0 amide bonds. The monoisotopic (exact) mass is 248 g/mol. The third kappa shape index (κ3) is 1.65. The first-order valence-corrected chi connectivity index (χ1v) is 6.05. The predicted molar refractivity (Wildman–Crippen MR) is 65.9 cm³/mol. The second kappa shape index (κ2) is 4.22. The first-order valence-electron chi connectivity index (χ1n) is 6.05. The second-order valence-corrected chi connectivity index (χ2v) is 4.77. The van der Waals surface area contributed by atoms with Gasteiger partial charge in [-0.2, -0.15) is 5.10 Å². The lowest BCUT2D eigenvalue weighted by atomic mass is 10.00. The molecule has 0 saturated carbocycles. The number of ether oxygens (including phenoxy) is 1. The average molecular weight is 248 g/mol. The fraction of sp³-hybridized carbons (Fsp3) is 0.500. The van der Waals surface area contributed by atoms with E-state index in [0.717, 1.165) is 17.6 Å². The molecule has 3 N–H and O–H groups in total. The van der Waals surface area contributed by atoms with Crippen molar-refractivity contribution in [2.45, 2.75) is 25.6 Å². The maximum Gasteiger partial charge on any atom is 0.151 e. The Kier molecular flexibility index (Phi) is 2.68. The smallest absolute Gasteiger partial charge is 0.151 e. The summed E-state index contributed by atoms with van der Waals surface area (Å²) in [5.74, 6) is 0.803. The Morgan fingerprint density at radius 1 is 1.56 bits per heavy atom. The van der Waals surface area contributed by atoms with Crippen LogP contribution in [0.15, 0.2) is 18.5 Å². The minimum atomic E-state index is -0.0882. The Morgan fingerprint density at radius 2 is 2.39 bits per heavy atom. The van der Waals surface area contributed by atoms with Crippen LogP contribution in [0.4, 0.5) is 5.82 Å². The van der Waals surface area contributed by atoms with E-state index in [9.17, 15) is 5.11 Å². The molecule has 2 aromatic rings. The van der Waals surface area contributed by atoms with Gasteiger partial charge in [0.2, 0.25) is 0 Å². The van der Waals surface area contributed by atoms with E-state index < -0.39 is 0 Å². The van der Waals surface area contributed by atoms with Gasteiger partial charge in [-0.05, 0) is 24.5 Å². The van der Waals surface area contributed by atoms with Crippen LogP contribution in [0.25, 0.3) is 5.52 Å². The van der Waals surface area contributed by atoms with Crippen LogP contribution in [-0.2, 0) is 4.74 Å². The highest BCUT2D eigenvalue weighted by Gasteiger charge is 2.34. The molecule has 3 rings (SSSR count). The van der Waals surface area contributed by atoms with Crippen LogP contribution < -0.4 is 5.73 Å². The summed E-state index contributed by atoms with van der Waals surface area (Å²) in [7, 11) is 0. The summed E-state index contributed by atoms with van der Waals surface area (Å²) in [5.41, 5.74) is 7.55. The van der Waals surface area contributed by atoms with Gasteiger partial charge in [0, 0.05) is 0 Å². The summed E-state index contributed by atoms with van der Waals surface area (Å²) in [6.45, 7) is 2.17. The summed E-state index contributed by atoms with van der Waals surface area (Å²) in [6, 6.07) is 3.86. The van der Waals surface area contributed by atoms with Gasteiger partial charge in [0.25, 0.3) is 0 Å². The van der Waals surface area contributed by atoms with E-state index in [1.54, 1.807) is 4.52 Å². The number of rotatable bonds is 2. The third-order valence-electron chi connectivity index (χ3n) is 3.50. The Morgan fingerprint density at radius 3 is 3.11 bits per heavy atom. The number of aromatic nitrogens is 3. The van der Waals surface area contributed by atoms with Crippen molar-refractivity contribution in [1.29, 1.82) is 0 Å². The number of anilines is 1. The van der Waals surface area contributed by atoms with E-state index in [1.807, 2.05) is 12.1 Å². The van der Waals surface area contributed by atoms with Crippen molar-refractivity contribution in [1.82, 2.24) is 14.6 Å². The summed E-state index contributed by atoms with van der Waals surface area (Å²) in [5, 5.41) is 13.4.